The molecule has 0 aromatic heterocycles. The summed E-state index contributed by atoms with van der Waals surface area (Å²) in [5, 5.41) is 2.53. The van der Waals surface area contributed by atoms with E-state index in [1.165, 1.54) is 22.3 Å². The van der Waals surface area contributed by atoms with Crippen LogP contribution in [0, 0.1) is 0 Å². The van der Waals surface area contributed by atoms with Gasteiger partial charge in [0.2, 0.25) is 0 Å². The van der Waals surface area contributed by atoms with Gasteiger partial charge in [-0.15, -0.1) is 0 Å². The van der Waals surface area contributed by atoms with Gasteiger partial charge in [0.15, 0.2) is 0 Å². The van der Waals surface area contributed by atoms with Crippen molar-refractivity contribution in [3.8, 4) is 22.3 Å². The molecule has 2 aliphatic rings. The molecular weight excluding hydrogens is 764 g/mol. The van der Waals surface area contributed by atoms with E-state index in [2.05, 4.69) is 75.5 Å². The molecule has 0 spiro atoms. The van der Waals surface area contributed by atoms with Crippen LogP contribution in [0.4, 0.5) is 0 Å². The predicted octanol–water partition coefficient (Wildman–Crippen LogP) is 14.0. The molecule has 8 heteroatoms. The van der Waals surface area contributed by atoms with E-state index in [9.17, 15) is 0 Å². The van der Waals surface area contributed by atoms with Crippen LogP contribution >= 0.6 is 63.4 Å². The Hall–Kier alpha value is -0.800. The third-order valence-electron chi connectivity index (χ3n) is 9.79. The van der Waals surface area contributed by atoms with Crippen LogP contribution in [0.15, 0.2) is 83.9 Å². The van der Waals surface area contributed by atoms with Gasteiger partial charge in [0.1, 0.15) is 0 Å². The maximum absolute atomic E-state index is 8.52. The van der Waals surface area contributed by atoms with Crippen LogP contribution < -0.4 is 0 Å². The Kier molecular flexibility index (Phi) is 9.28. The Labute approximate surface area is 289 Å². The molecule has 0 fully saturated rings. The third-order valence-corrected chi connectivity index (χ3v) is 62.9. The van der Waals surface area contributed by atoms with Crippen molar-refractivity contribution in [2.45, 2.75) is 47.0 Å². The molecule has 0 radical (unpaired) electrons. The van der Waals surface area contributed by atoms with Crippen LogP contribution in [0.1, 0.15) is 56.2 Å². The average molecular weight is 798 g/mol. The number of hydrogen-bond acceptors (Lipinski definition) is 0. The summed E-state index contributed by atoms with van der Waals surface area (Å²) >= 11 is 22.1. The standard InChI is InChI=1S/2C17H13Cl2.C2H7Si.2ClH.Zr/c2*1-2-11-9-12-5-3-6-13(14(12)10-11)17-15(18)7-4-8-16(17)19;1-3-2;;;/h2*3-10H,2H2,1H3;3H,1-2H3;2*1H;/q;;;;;+2/p-2. The molecule has 2 aliphatic carbocycles. The SMILES string of the molecule is CCC1=Cc2c(-c3c(Cl)cccc3Cl)cccc2[CH]1[Zr]([Cl])([Cl])([CH]1C(CC)=Cc2c(-c3c(Cl)cccc3Cl)cccc21)[SiH](C)C. The molecule has 0 saturated carbocycles. The molecule has 0 N–H and O–H groups in total. The van der Waals surface area contributed by atoms with Crippen molar-refractivity contribution >= 4 is 81.5 Å². The van der Waals surface area contributed by atoms with E-state index in [0.717, 1.165) is 46.2 Å². The van der Waals surface area contributed by atoms with Crippen LogP contribution in [0.5, 0.6) is 0 Å². The molecular formula is C36H33Cl6SiZr. The normalized spacial score (nSPS) is 18.5. The van der Waals surface area contributed by atoms with Gasteiger partial charge in [0.05, 0.1) is 0 Å². The van der Waals surface area contributed by atoms with Crippen molar-refractivity contribution in [1.29, 1.82) is 0 Å². The monoisotopic (exact) mass is 793 g/mol. The van der Waals surface area contributed by atoms with E-state index in [1.807, 2.05) is 36.4 Å². The van der Waals surface area contributed by atoms with Gasteiger partial charge in [-0.25, -0.2) is 0 Å². The summed E-state index contributed by atoms with van der Waals surface area (Å²) in [7, 11) is 17.0. The summed E-state index contributed by atoms with van der Waals surface area (Å²) in [5.41, 5.74) is 11.1. The molecule has 227 valence electrons. The van der Waals surface area contributed by atoms with E-state index >= 15 is 0 Å². The molecule has 2 unspecified atom stereocenters. The van der Waals surface area contributed by atoms with E-state index in [-0.39, 0.29) is 7.25 Å². The zero-order chi connectivity index (χ0) is 31.6. The fourth-order valence-electron chi connectivity index (χ4n) is 7.62. The van der Waals surface area contributed by atoms with Gasteiger partial charge < -0.3 is 0 Å². The molecule has 0 bridgehead atoms. The third kappa shape index (κ3) is 5.02. The summed E-state index contributed by atoms with van der Waals surface area (Å²) in [6, 6.07) is 24.2. The fourth-order valence-corrected chi connectivity index (χ4v) is 40.6. The Balaban J connectivity index is 1.61. The van der Waals surface area contributed by atoms with Crippen molar-refractivity contribution in [2.75, 3.05) is 0 Å². The molecule has 4 aromatic rings. The van der Waals surface area contributed by atoms with E-state index in [0.29, 0.717) is 20.1 Å². The molecule has 2 atom stereocenters. The molecule has 0 nitrogen and oxygen atoms in total. The van der Waals surface area contributed by atoms with Crippen LogP contribution in [-0.2, 0) is 15.6 Å². The van der Waals surface area contributed by atoms with Gasteiger partial charge in [-0.3, -0.25) is 0 Å². The quantitative estimate of drug-likeness (QED) is 0.163. The molecule has 0 amide bonds. The Bertz CT molecular complexity index is 1710. The van der Waals surface area contributed by atoms with Crippen molar-refractivity contribution in [3.63, 3.8) is 0 Å². The van der Waals surface area contributed by atoms with Gasteiger partial charge in [-0.1, -0.05) is 0 Å². The first-order valence-corrected chi connectivity index (χ1v) is 32.9. The number of benzene rings is 4. The minimum absolute atomic E-state index is 0.0221. The van der Waals surface area contributed by atoms with E-state index in [1.54, 1.807) is 0 Å². The summed E-state index contributed by atoms with van der Waals surface area (Å²) < 4.78 is -0.0442. The number of allylic oxidation sites excluding steroid dienone is 2. The van der Waals surface area contributed by atoms with Gasteiger partial charge in [-0.05, 0) is 0 Å². The Morgan fingerprint density at radius 2 is 0.909 bits per heavy atom. The first-order valence-electron chi connectivity index (χ1n) is 15.1. The van der Waals surface area contributed by atoms with E-state index in [4.69, 9.17) is 63.4 Å². The average Bonchev–Trinajstić information content (AvgIpc) is 3.58. The van der Waals surface area contributed by atoms with Gasteiger partial charge in [0, 0.05) is 0 Å². The molecule has 44 heavy (non-hydrogen) atoms. The predicted molar refractivity (Wildman–Crippen MR) is 196 cm³/mol. The molecule has 4 aromatic carbocycles. The zero-order valence-corrected chi connectivity index (χ0v) is 33.1. The zero-order valence-electron chi connectivity index (χ0n) is 25.0. The van der Waals surface area contributed by atoms with Crippen molar-refractivity contribution in [3.05, 3.63) is 126 Å². The maximum atomic E-state index is 8.52. The van der Waals surface area contributed by atoms with Crippen LogP contribution in [-0.4, -0.2) is 5.92 Å². The van der Waals surface area contributed by atoms with Crippen molar-refractivity contribution in [1.82, 2.24) is 0 Å². The second-order valence-corrected chi connectivity index (χ2v) is 56.3. The fraction of sp³-hybridized carbons (Fsp3) is 0.222. The summed E-state index contributed by atoms with van der Waals surface area (Å²) in [4.78, 5) is 0. The summed E-state index contributed by atoms with van der Waals surface area (Å²) in [5.74, 6) is -1.71. The Morgan fingerprint density at radius 1 is 0.568 bits per heavy atom. The van der Waals surface area contributed by atoms with Crippen molar-refractivity contribution in [2.24, 2.45) is 0 Å². The molecule has 6 rings (SSSR count). The topological polar surface area (TPSA) is 0 Å². The first-order chi connectivity index (χ1) is 20.9. The number of hydrogen-bond donors (Lipinski definition) is 0. The number of fused-ring (bicyclic) bond motifs is 2. The number of rotatable bonds is 7. The number of halogens is 6. The van der Waals surface area contributed by atoms with E-state index < -0.39 is 21.5 Å². The molecule has 0 saturated heterocycles. The van der Waals surface area contributed by atoms with Crippen molar-refractivity contribution < 1.29 is 15.6 Å². The van der Waals surface area contributed by atoms with Crippen LogP contribution in [0.3, 0.4) is 0 Å². The van der Waals surface area contributed by atoms with Gasteiger partial charge in [0.25, 0.3) is 0 Å². The summed E-state index contributed by atoms with van der Waals surface area (Å²) in [6.07, 6.45) is 6.38. The van der Waals surface area contributed by atoms with Crippen LogP contribution in [0.2, 0.25) is 33.2 Å². The Morgan fingerprint density at radius 3 is 1.23 bits per heavy atom. The summed E-state index contributed by atoms with van der Waals surface area (Å²) in [6.45, 7) is 9.17. The van der Waals surface area contributed by atoms with Gasteiger partial charge >= 0.3 is 293 Å². The second kappa shape index (κ2) is 12.3. The second-order valence-electron chi connectivity index (χ2n) is 12.2. The minimum atomic E-state index is -4.91. The molecule has 0 heterocycles. The molecule has 0 aliphatic heterocycles. The van der Waals surface area contributed by atoms with Crippen LogP contribution in [0.25, 0.3) is 34.4 Å². The first kappa shape index (κ1) is 33.1. The van der Waals surface area contributed by atoms with Gasteiger partial charge in [-0.2, -0.15) is 0 Å².